The molecular weight excluding hydrogens is 765 g/mol. The third kappa shape index (κ3) is 6.52. The largest absolute Gasteiger partial charge is 0.481 e. The number of carboxylic acids is 1. The van der Waals surface area contributed by atoms with Gasteiger partial charge in [0.2, 0.25) is 5.91 Å². The Morgan fingerprint density at radius 3 is 2.03 bits per heavy atom. The highest BCUT2D eigenvalue weighted by Crippen LogP contribution is 2.76. The number of benzene rings is 1. The van der Waals surface area contributed by atoms with E-state index in [9.17, 15) is 24.3 Å². The first-order valence-corrected chi connectivity index (χ1v) is 23.9. The highest BCUT2D eigenvalue weighted by atomic mass is 16.5. The van der Waals surface area contributed by atoms with Gasteiger partial charge in [-0.2, -0.15) is 0 Å². The van der Waals surface area contributed by atoms with E-state index in [1.54, 1.807) is 0 Å². The first kappa shape index (κ1) is 44.1. The topological polar surface area (TPSA) is 139 Å². The molecule has 6 fully saturated rings. The van der Waals surface area contributed by atoms with Crippen molar-refractivity contribution in [3.05, 3.63) is 46.5 Å². The molecule has 0 spiro atoms. The Morgan fingerprint density at radius 2 is 1.41 bits per heavy atom. The van der Waals surface area contributed by atoms with Crippen molar-refractivity contribution >= 4 is 29.5 Å². The van der Waals surface area contributed by atoms with Crippen LogP contribution in [0.3, 0.4) is 0 Å². The third-order valence-corrected chi connectivity index (χ3v) is 19.6. The molecule has 6 saturated carbocycles. The zero-order valence-electron chi connectivity index (χ0n) is 38.9. The molecule has 1 aromatic carbocycles. The molecule has 0 aliphatic heterocycles. The number of Topliss-reactive ketones (excluding diaryl/α,β-unsaturated/α-hetero) is 1. The van der Waals surface area contributed by atoms with Gasteiger partial charge in [-0.25, -0.2) is 0 Å². The van der Waals surface area contributed by atoms with E-state index in [4.69, 9.17) is 4.74 Å². The number of nitrogens with one attached hydrogen (secondary N) is 2. The van der Waals surface area contributed by atoms with Crippen LogP contribution in [0.1, 0.15) is 175 Å². The number of fused-ring (bicyclic) bond motifs is 7. The first-order chi connectivity index (χ1) is 28.5. The van der Waals surface area contributed by atoms with Crippen LogP contribution < -0.4 is 10.6 Å². The summed E-state index contributed by atoms with van der Waals surface area (Å²) in [6.45, 7) is 22.2. The van der Waals surface area contributed by atoms with Crippen molar-refractivity contribution in [2.45, 2.75) is 183 Å². The number of aliphatic carboxylic acids is 1. The van der Waals surface area contributed by atoms with Crippen LogP contribution in [-0.2, 0) is 23.9 Å². The summed E-state index contributed by atoms with van der Waals surface area (Å²) in [5, 5.41) is 16.6. The van der Waals surface area contributed by atoms with E-state index in [1.807, 2.05) is 45.0 Å². The van der Waals surface area contributed by atoms with Crippen LogP contribution in [0.5, 0.6) is 0 Å². The Balaban J connectivity index is 1.06. The molecule has 7 aliphatic carbocycles. The van der Waals surface area contributed by atoms with Gasteiger partial charge in [0.25, 0.3) is 5.91 Å². The summed E-state index contributed by atoms with van der Waals surface area (Å²) in [6.07, 6.45) is 11.8. The monoisotopic (exact) mass is 839 g/mol. The van der Waals surface area contributed by atoms with Crippen LogP contribution in [0.4, 0.5) is 0 Å². The number of carboxylic acid groups (broad SMARTS) is 1. The summed E-state index contributed by atoms with van der Waals surface area (Å²) in [6, 6.07) is 7.51. The number of rotatable bonds is 8. The van der Waals surface area contributed by atoms with Gasteiger partial charge in [-0.05, 0) is 146 Å². The van der Waals surface area contributed by atoms with Crippen molar-refractivity contribution in [1.29, 1.82) is 0 Å². The minimum absolute atomic E-state index is 0.00788. The molecule has 0 bridgehead atoms. The standard InChI is InChI=1S/C52H74N2O7/c1-30(2)40-36(55)29-52(54-45(60)51(22-12-11-13-23-51)53-42(56)32-16-14-31(3)15-17-32)27-26-49(9)33(41(40)52)18-19-38-48(8)24-21-39(47(6,7)37(48)20-25-50(38,49)10)61-44(59)35-28-34(43(57)58)46(35,4)5/h14-17,30,33-35,37-39H,11-13,18-29H2,1-10H3,(H,53,56)(H,54,60)(H,57,58)/t33-,34+,35-,37?,38-,39+,48+,49-,50-,52-/m1/s1. The van der Waals surface area contributed by atoms with E-state index < -0.39 is 34.3 Å². The van der Waals surface area contributed by atoms with E-state index >= 15 is 4.79 Å². The third-order valence-electron chi connectivity index (χ3n) is 19.6. The molecule has 1 aromatic rings. The van der Waals surface area contributed by atoms with E-state index in [-0.39, 0.29) is 63.2 Å². The molecule has 0 radical (unpaired) electrons. The Kier molecular flexibility index (Phi) is 10.7. The number of carbonyl (C=O) groups excluding carboxylic acids is 4. The van der Waals surface area contributed by atoms with Crippen LogP contribution in [0.25, 0.3) is 0 Å². The quantitative estimate of drug-likeness (QED) is 0.222. The number of hydrogen-bond acceptors (Lipinski definition) is 6. The fraction of sp³-hybridized carbons (Fsp3) is 0.750. The molecule has 9 heteroatoms. The lowest BCUT2D eigenvalue weighted by Gasteiger charge is -2.72. The van der Waals surface area contributed by atoms with E-state index in [2.05, 4.69) is 59.1 Å². The minimum atomic E-state index is -1.03. The van der Waals surface area contributed by atoms with E-state index in [1.165, 1.54) is 5.57 Å². The minimum Gasteiger partial charge on any atom is -0.481 e. The molecule has 10 atom stereocenters. The molecule has 334 valence electrons. The fourth-order valence-corrected chi connectivity index (χ4v) is 15.8. The van der Waals surface area contributed by atoms with Crippen molar-refractivity contribution in [3.8, 4) is 0 Å². The summed E-state index contributed by atoms with van der Waals surface area (Å²) < 4.78 is 6.44. The van der Waals surface area contributed by atoms with E-state index in [0.717, 1.165) is 75.3 Å². The van der Waals surface area contributed by atoms with Crippen molar-refractivity contribution in [1.82, 2.24) is 10.6 Å². The number of allylic oxidation sites excluding steroid dienone is 1. The lowest BCUT2D eigenvalue weighted by Crippen LogP contribution is -2.69. The highest BCUT2D eigenvalue weighted by molar-refractivity contribution is 6.04. The summed E-state index contributed by atoms with van der Waals surface area (Å²) in [5.41, 5.74) is 1.01. The molecule has 0 aromatic heterocycles. The molecule has 8 rings (SSSR count). The summed E-state index contributed by atoms with van der Waals surface area (Å²) >= 11 is 0. The SMILES string of the molecule is Cc1ccc(C(=O)NC2(C(=O)N[C@@]34CC[C@]5(C)[C@H](CC[C@@H]6[C@@]7(C)CC[C@H](OC(=O)[C@H]8C[C@@H](C(=O)O)C8(C)C)C(C)(C)C7CC[C@]65C)C3=C(C(C)C)C(=O)C4)CCCCC2)cc1. The molecule has 9 nitrogen and oxygen atoms in total. The lowest BCUT2D eigenvalue weighted by molar-refractivity contribution is -0.235. The van der Waals surface area contributed by atoms with Crippen LogP contribution in [0.15, 0.2) is 35.4 Å². The summed E-state index contributed by atoms with van der Waals surface area (Å²) in [4.78, 5) is 68.7. The number of carbonyl (C=O) groups is 5. The van der Waals surface area contributed by atoms with Gasteiger partial charge in [0, 0.05) is 17.4 Å². The Labute approximate surface area is 364 Å². The normalized spacial score (nSPS) is 39.4. The molecule has 3 N–H and O–H groups in total. The Bertz CT molecular complexity index is 2020. The number of hydrogen-bond donors (Lipinski definition) is 3. The molecule has 7 aliphatic rings. The van der Waals surface area contributed by atoms with Gasteiger partial charge in [0.05, 0.1) is 17.4 Å². The molecule has 0 saturated heterocycles. The first-order valence-electron chi connectivity index (χ1n) is 23.9. The lowest BCUT2D eigenvalue weighted by atomic mass is 9.33. The molecule has 61 heavy (non-hydrogen) atoms. The van der Waals surface area contributed by atoms with Gasteiger partial charge in [-0.3, -0.25) is 24.0 Å². The summed E-state index contributed by atoms with van der Waals surface area (Å²) in [5.74, 6) is -1.21. The van der Waals surface area contributed by atoms with E-state index in [0.29, 0.717) is 49.5 Å². The number of aryl methyl sites for hydroxylation is 1. The second-order valence-corrected chi connectivity index (χ2v) is 23.5. The maximum absolute atomic E-state index is 15.0. The molecule has 1 unspecified atom stereocenters. The predicted molar refractivity (Wildman–Crippen MR) is 235 cm³/mol. The Hall–Kier alpha value is -3.49. The second kappa shape index (κ2) is 14.8. The molecule has 2 amide bonds. The molecule has 0 heterocycles. The maximum atomic E-state index is 15.0. The van der Waals surface area contributed by atoms with Gasteiger partial charge in [-0.1, -0.05) is 99.3 Å². The smallest absolute Gasteiger partial charge is 0.309 e. The van der Waals surface area contributed by atoms with Crippen molar-refractivity contribution < 1.29 is 33.8 Å². The number of ketones is 1. The van der Waals surface area contributed by atoms with Crippen LogP contribution in [-0.4, -0.2) is 51.8 Å². The average molecular weight is 839 g/mol. The molecular formula is C52H74N2O7. The van der Waals surface area contributed by atoms with Gasteiger partial charge >= 0.3 is 11.9 Å². The number of esters is 1. The number of amides is 2. The zero-order chi connectivity index (χ0) is 44.3. The Morgan fingerprint density at radius 1 is 0.738 bits per heavy atom. The van der Waals surface area contributed by atoms with Gasteiger partial charge in [0.1, 0.15) is 11.6 Å². The predicted octanol–water partition coefficient (Wildman–Crippen LogP) is 9.94. The van der Waals surface area contributed by atoms with Crippen molar-refractivity contribution in [2.75, 3.05) is 0 Å². The van der Waals surface area contributed by atoms with Crippen molar-refractivity contribution in [3.63, 3.8) is 0 Å². The van der Waals surface area contributed by atoms with Crippen LogP contribution >= 0.6 is 0 Å². The van der Waals surface area contributed by atoms with Gasteiger partial charge in [-0.15, -0.1) is 0 Å². The maximum Gasteiger partial charge on any atom is 0.309 e. The van der Waals surface area contributed by atoms with Crippen molar-refractivity contribution in [2.24, 2.45) is 62.6 Å². The average Bonchev–Trinajstić information content (AvgIpc) is 3.47. The van der Waals surface area contributed by atoms with Gasteiger partial charge < -0.3 is 20.5 Å². The second-order valence-electron chi connectivity index (χ2n) is 23.5. The van der Waals surface area contributed by atoms with Crippen LogP contribution in [0.2, 0.25) is 0 Å². The summed E-state index contributed by atoms with van der Waals surface area (Å²) in [7, 11) is 0. The zero-order valence-corrected chi connectivity index (χ0v) is 38.9. The van der Waals surface area contributed by atoms with Crippen LogP contribution in [0, 0.1) is 69.5 Å². The van der Waals surface area contributed by atoms with Gasteiger partial charge in [0.15, 0.2) is 5.78 Å². The fourth-order valence-electron chi connectivity index (χ4n) is 15.8. The highest BCUT2D eigenvalue weighted by Gasteiger charge is 2.71. The number of ether oxygens (including phenoxy) is 1.